The van der Waals surface area contributed by atoms with E-state index in [1.165, 1.54) is 48.6 Å². The molecule has 0 aliphatic carbocycles. The van der Waals surface area contributed by atoms with E-state index in [1.54, 1.807) is 6.07 Å². The molecule has 2 aromatic rings. The molecule has 0 radical (unpaired) electrons. The van der Waals surface area contributed by atoms with Crippen LogP contribution in [-0.2, 0) is 0 Å². The number of halogens is 1. The highest BCUT2D eigenvalue weighted by Gasteiger charge is 2.40. The number of hydrogen-bond donors (Lipinski definition) is 1. The highest BCUT2D eigenvalue weighted by atomic mass is 35.5. The van der Waals surface area contributed by atoms with Crippen molar-refractivity contribution in [1.29, 1.82) is 0 Å². The van der Waals surface area contributed by atoms with Crippen LogP contribution < -0.4 is 10.1 Å². The summed E-state index contributed by atoms with van der Waals surface area (Å²) in [5.41, 5.74) is 0. The normalized spacial score (nSPS) is 28.8. The molecule has 2 bridgehead atoms. The number of carbonyl (C=O) groups is 1. The van der Waals surface area contributed by atoms with E-state index < -0.39 is 0 Å². The number of thiophene rings is 2. The van der Waals surface area contributed by atoms with Crippen LogP contribution in [0, 0.1) is 5.92 Å². The summed E-state index contributed by atoms with van der Waals surface area (Å²) in [6.45, 7) is 4.55. The molecule has 0 spiro atoms. The zero-order chi connectivity index (χ0) is 16.7. The molecule has 128 valence electrons. The van der Waals surface area contributed by atoms with Gasteiger partial charge in [-0.25, -0.2) is 0 Å². The number of carbonyl (C=O) groups excluding carboxylic acids is 1. The van der Waals surface area contributed by atoms with E-state index in [9.17, 15) is 4.79 Å². The summed E-state index contributed by atoms with van der Waals surface area (Å²) >= 11 is 8.66. The van der Waals surface area contributed by atoms with Crippen LogP contribution in [0.2, 0.25) is 4.34 Å². The lowest BCUT2D eigenvalue weighted by Gasteiger charge is -2.49. The van der Waals surface area contributed by atoms with Gasteiger partial charge in [-0.2, -0.15) is 0 Å². The van der Waals surface area contributed by atoms with Gasteiger partial charge in [-0.15, -0.1) is 0 Å². The van der Waals surface area contributed by atoms with Gasteiger partial charge >= 0.3 is 0 Å². The Morgan fingerprint density at radius 2 is 1.92 bits per heavy atom. The molecule has 1 N–H and O–H groups in total. The van der Waals surface area contributed by atoms with Crippen molar-refractivity contribution in [2.45, 2.75) is 31.8 Å². The fourth-order valence-corrected chi connectivity index (χ4v) is 5.43. The molecule has 2 atom stereocenters. The van der Waals surface area contributed by atoms with Crippen LogP contribution in [0.4, 0.5) is 0 Å². The number of hydrogen-bond acceptors (Lipinski definition) is 5. The molecule has 0 aromatic carbocycles. The SMILES string of the molecule is C[C@@H]1[C@H](NC(=O)c2ccc(Oc3ccc(Cl)s3)s2)C2CCN1CC2. The maximum absolute atomic E-state index is 12.6. The van der Waals surface area contributed by atoms with Gasteiger partial charge in [-0.3, -0.25) is 9.69 Å². The Balaban J connectivity index is 1.41. The second-order valence-electron chi connectivity index (χ2n) is 6.39. The molecule has 0 saturated carbocycles. The number of nitrogens with one attached hydrogen (secondary N) is 1. The molecule has 1 amide bonds. The minimum atomic E-state index is 0.00432. The maximum Gasteiger partial charge on any atom is 0.261 e. The highest BCUT2D eigenvalue weighted by molar-refractivity contribution is 7.18. The average Bonchev–Trinajstić information content (AvgIpc) is 3.21. The Hall–Kier alpha value is -1.08. The van der Waals surface area contributed by atoms with Crippen molar-refractivity contribution in [2.75, 3.05) is 13.1 Å². The molecular formula is C17H19ClN2O2S2. The van der Waals surface area contributed by atoms with Gasteiger partial charge in [0.05, 0.1) is 9.21 Å². The number of rotatable bonds is 4. The summed E-state index contributed by atoms with van der Waals surface area (Å²) in [6, 6.07) is 7.98. The first-order valence-corrected chi connectivity index (χ1v) is 10.2. The van der Waals surface area contributed by atoms with Crippen molar-refractivity contribution in [1.82, 2.24) is 10.2 Å². The van der Waals surface area contributed by atoms with Crippen molar-refractivity contribution in [3.8, 4) is 10.1 Å². The van der Waals surface area contributed by atoms with Crippen molar-refractivity contribution in [3.63, 3.8) is 0 Å². The van der Waals surface area contributed by atoms with Crippen LogP contribution >= 0.6 is 34.3 Å². The standard InChI is InChI=1S/C17H19ClN2O2S2/c1-10-16(11-6-8-20(10)9-7-11)19-17(21)12-2-4-14(23-12)22-15-5-3-13(18)24-15/h2-5,10-11,16H,6-9H2,1H3,(H,19,21)/t10-,16+/m1/s1. The van der Waals surface area contributed by atoms with E-state index in [2.05, 4.69) is 17.1 Å². The Kier molecular flexibility index (Phi) is 4.56. The van der Waals surface area contributed by atoms with Crippen LogP contribution in [0.5, 0.6) is 10.1 Å². The summed E-state index contributed by atoms with van der Waals surface area (Å²) in [7, 11) is 0. The van der Waals surface area contributed by atoms with E-state index in [4.69, 9.17) is 16.3 Å². The van der Waals surface area contributed by atoms with Gasteiger partial charge in [-0.1, -0.05) is 34.3 Å². The third kappa shape index (κ3) is 3.20. The third-order valence-electron chi connectivity index (χ3n) is 5.03. The predicted octanol–water partition coefficient (Wildman–Crippen LogP) is 4.47. The Morgan fingerprint density at radius 1 is 1.21 bits per heavy atom. The van der Waals surface area contributed by atoms with Crippen LogP contribution in [0.3, 0.4) is 0 Å². The number of nitrogens with zero attached hydrogens (tertiary/aromatic N) is 1. The molecule has 4 nitrogen and oxygen atoms in total. The Labute approximate surface area is 154 Å². The van der Waals surface area contributed by atoms with Gasteiger partial charge in [0.1, 0.15) is 0 Å². The third-order valence-corrected chi connectivity index (χ3v) is 7.10. The fourth-order valence-electron chi connectivity index (χ4n) is 3.72. The number of fused-ring (bicyclic) bond motifs is 3. The predicted molar refractivity (Wildman–Crippen MR) is 98.7 cm³/mol. The smallest absolute Gasteiger partial charge is 0.261 e. The number of ether oxygens (including phenoxy) is 1. The first kappa shape index (κ1) is 16.4. The Morgan fingerprint density at radius 3 is 2.58 bits per heavy atom. The summed E-state index contributed by atoms with van der Waals surface area (Å²) in [6.07, 6.45) is 2.38. The van der Waals surface area contributed by atoms with Gasteiger partial charge in [0, 0.05) is 12.1 Å². The quantitative estimate of drug-likeness (QED) is 0.848. The van der Waals surface area contributed by atoms with Gasteiger partial charge in [0.2, 0.25) is 0 Å². The second kappa shape index (κ2) is 6.67. The zero-order valence-electron chi connectivity index (χ0n) is 13.3. The van der Waals surface area contributed by atoms with E-state index >= 15 is 0 Å². The number of piperidine rings is 3. The van der Waals surface area contributed by atoms with Crippen LogP contribution in [-0.4, -0.2) is 36.0 Å². The maximum atomic E-state index is 12.6. The van der Waals surface area contributed by atoms with E-state index in [0.717, 1.165) is 5.06 Å². The lowest BCUT2D eigenvalue weighted by Crippen LogP contribution is -2.62. The highest BCUT2D eigenvalue weighted by Crippen LogP contribution is 2.36. The first-order valence-electron chi connectivity index (χ1n) is 8.18. The molecular weight excluding hydrogens is 364 g/mol. The minimum Gasteiger partial charge on any atom is -0.436 e. The summed E-state index contributed by atoms with van der Waals surface area (Å²) < 4.78 is 6.45. The van der Waals surface area contributed by atoms with Crippen LogP contribution in [0.15, 0.2) is 24.3 Å². The first-order chi connectivity index (χ1) is 11.6. The molecule has 3 saturated heterocycles. The molecule has 2 aromatic heterocycles. The molecule has 3 aliphatic rings. The molecule has 0 unspecified atom stereocenters. The molecule has 5 rings (SSSR count). The molecule has 3 aliphatic heterocycles. The summed E-state index contributed by atoms with van der Waals surface area (Å²) in [5.74, 6) is 0.613. The van der Waals surface area contributed by atoms with Crippen molar-refractivity contribution in [3.05, 3.63) is 33.5 Å². The van der Waals surface area contributed by atoms with E-state index in [0.29, 0.717) is 26.2 Å². The summed E-state index contributed by atoms with van der Waals surface area (Å²) in [4.78, 5) is 15.8. The van der Waals surface area contributed by atoms with Gasteiger partial charge in [0.15, 0.2) is 10.1 Å². The van der Waals surface area contributed by atoms with Gasteiger partial charge in [0.25, 0.3) is 5.91 Å². The monoisotopic (exact) mass is 382 g/mol. The zero-order valence-corrected chi connectivity index (χ0v) is 15.7. The molecule has 3 fully saturated rings. The van der Waals surface area contributed by atoms with Crippen LogP contribution in [0.1, 0.15) is 29.4 Å². The van der Waals surface area contributed by atoms with E-state index in [1.807, 2.05) is 18.2 Å². The van der Waals surface area contributed by atoms with Gasteiger partial charge in [-0.05, 0) is 63.0 Å². The molecule has 24 heavy (non-hydrogen) atoms. The summed E-state index contributed by atoms with van der Waals surface area (Å²) in [5, 5.41) is 4.70. The van der Waals surface area contributed by atoms with Crippen molar-refractivity contribution in [2.24, 2.45) is 5.92 Å². The lowest BCUT2D eigenvalue weighted by molar-refractivity contribution is 0.0218. The minimum absolute atomic E-state index is 0.00432. The fraction of sp³-hybridized carbons (Fsp3) is 0.471. The Bertz CT molecular complexity index is 735. The molecule has 5 heterocycles. The van der Waals surface area contributed by atoms with E-state index in [-0.39, 0.29) is 11.9 Å². The molecule has 7 heteroatoms. The van der Waals surface area contributed by atoms with Crippen LogP contribution in [0.25, 0.3) is 0 Å². The van der Waals surface area contributed by atoms with Gasteiger partial charge < -0.3 is 10.1 Å². The topological polar surface area (TPSA) is 41.6 Å². The van der Waals surface area contributed by atoms with Crippen molar-refractivity contribution < 1.29 is 9.53 Å². The largest absolute Gasteiger partial charge is 0.436 e. The van der Waals surface area contributed by atoms with Crippen molar-refractivity contribution >= 4 is 40.2 Å². The average molecular weight is 383 g/mol. The number of amides is 1. The lowest BCUT2D eigenvalue weighted by atomic mass is 9.79. The second-order valence-corrected chi connectivity index (χ2v) is 9.12.